The first-order chi connectivity index (χ1) is 13.5. The van der Waals surface area contributed by atoms with Crippen molar-refractivity contribution in [3.63, 3.8) is 0 Å². The van der Waals surface area contributed by atoms with Crippen LogP contribution in [0.3, 0.4) is 0 Å². The molecular weight excluding hydrogens is 380 g/mol. The van der Waals surface area contributed by atoms with Gasteiger partial charge in [0.1, 0.15) is 11.6 Å². The Morgan fingerprint density at radius 1 is 1.21 bits per heavy atom. The van der Waals surface area contributed by atoms with Crippen molar-refractivity contribution in [3.05, 3.63) is 48.1 Å². The van der Waals surface area contributed by atoms with Crippen molar-refractivity contribution in [2.24, 2.45) is 4.40 Å². The van der Waals surface area contributed by atoms with Crippen molar-refractivity contribution in [2.75, 3.05) is 31.9 Å². The summed E-state index contributed by atoms with van der Waals surface area (Å²) in [6.07, 6.45) is 10.0. The summed E-state index contributed by atoms with van der Waals surface area (Å²) < 4.78 is 32.5. The normalized spacial score (nSPS) is 22.8. The van der Waals surface area contributed by atoms with Crippen molar-refractivity contribution in [2.45, 2.75) is 25.3 Å². The van der Waals surface area contributed by atoms with Crippen LogP contribution in [0.15, 0.2) is 51.1 Å². The Morgan fingerprint density at radius 2 is 2.04 bits per heavy atom. The lowest BCUT2D eigenvalue weighted by molar-refractivity contribution is -0.117. The van der Waals surface area contributed by atoms with Crippen LogP contribution in [0.4, 0.5) is 0 Å². The van der Waals surface area contributed by atoms with Gasteiger partial charge in [-0.2, -0.15) is 0 Å². The molecule has 9 heteroatoms. The Morgan fingerprint density at radius 3 is 2.79 bits per heavy atom. The van der Waals surface area contributed by atoms with Crippen LogP contribution in [0.1, 0.15) is 31.1 Å². The summed E-state index contributed by atoms with van der Waals surface area (Å²) >= 11 is 0. The van der Waals surface area contributed by atoms with Gasteiger partial charge < -0.3 is 14.6 Å². The van der Waals surface area contributed by atoms with Gasteiger partial charge in [0.05, 0.1) is 23.6 Å². The second-order valence-electron chi connectivity index (χ2n) is 7.18. The standard InChI is InChI=1S/C19H24N4O4S/c24-19(15-6-7-18-21-28(25,26)12-10-23(18)14-15)20-13-16(17-5-4-11-27-17)22-8-2-1-3-9-22/h4-7,11,14,16H,1-3,8-10,12-13H2,(H,20,24)/t16-/m0/s1. The first-order valence-electron chi connectivity index (χ1n) is 9.57. The fourth-order valence-corrected chi connectivity index (χ4v) is 4.72. The number of sulfonamides is 1. The molecule has 0 aliphatic carbocycles. The molecule has 3 aliphatic rings. The molecule has 28 heavy (non-hydrogen) atoms. The maximum atomic E-state index is 12.7. The fourth-order valence-electron chi connectivity index (χ4n) is 3.75. The van der Waals surface area contributed by atoms with Gasteiger partial charge in [-0.15, -0.1) is 4.40 Å². The zero-order chi connectivity index (χ0) is 19.6. The largest absolute Gasteiger partial charge is 0.468 e. The van der Waals surface area contributed by atoms with Crippen LogP contribution in [0.25, 0.3) is 0 Å². The van der Waals surface area contributed by atoms with Crippen LogP contribution in [-0.2, 0) is 14.8 Å². The van der Waals surface area contributed by atoms with Crippen molar-refractivity contribution in [1.82, 2.24) is 15.1 Å². The molecule has 8 nitrogen and oxygen atoms in total. The number of carbonyl (C=O) groups is 1. The van der Waals surface area contributed by atoms with Crippen LogP contribution in [0.5, 0.6) is 0 Å². The molecule has 0 unspecified atom stereocenters. The van der Waals surface area contributed by atoms with Gasteiger partial charge in [0.2, 0.25) is 0 Å². The molecule has 1 atom stereocenters. The number of hydrogen-bond acceptors (Lipinski definition) is 6. The Labute approximate surface area is 164 Å². The molecule has 1 aromatic heterocycles. The third-order valence-corrected chi connectivity index (χ3v) is 6.41. The van der Waals surface area contributed by atoms with E-state index in [9.17, 15) is 13.2 Å². The predicted molar refractivity (Wildman–Crippen MR) is 105 cm³/mol. The van der Waals surface area contributed by atoms with Gasteiger partial charge in [0.15, 0.2) is 0 Å². The van der Waals surface area contributed by atoms with E-state index in [2.05, 4.69) is 14.6 Å². The zero-order valence-corrected chi connectivity index (χ0v) is 16.4. The van der Waals surface area contributed by atoms with E-state index in [4.69, 9.17) is 4.42 Å². The molecule has 1 saturated heterocycles. The predicted octanol–water partition coefficient (Wildman–Crippen LogP) is 1.42. The number of amidine groups is 1. The van der Waals surface area contributed by atoms with Gasteiger partial charge >= 0.3 is 0 Å². The Balaban J connectivity index is 1.43. The average molecular weight is 404 g/mol. The van der Waals surface area contributed by atoms with E-state index in [1.165, 1.54) is 6.42 Å². The molecular formula is C19H24N4O4S. The smallest absolute Gasteiger partial charge is 0.256 e. The van der Waals surface area contributed by atoms with Crippen molar-refractivity contribution in [3.8, 4) is 0 Å². The summed E-state index contributed by atoms with van der Waals surface area (Å²) in [4.78, 5) is 16.7. The lowest BCUT2D eigenvalue weighted by atomic mass is 10.1. The molecule has 4 rings (SSSR count). The number of amides is 1. The fraction of sp³-hybridized carbons (Fsp3) is 0.474. The highest BCUT2D eigenvalue weighted by molar-refractivity contribution is 7.90. The lowest BCUT2D eigenvalue weighted by Crippen LogP contribution is -2.41. The van der Waals surface area contributed by atoms with E-state index < -0.39 is 10.0 Å². The summed E-state index contributed by atoms with van der Waals surface area (Å²) in [5.41, 5.74) is 0.482. The van der Waals surface area contributed by atoms with Crippen molar-refractivity contribution in [1.29, 1.82) is 0 Å². The van der Waals surface area contributed by atoms with E-state index in [-0.39, 0.29) is 17.7 Å². The highest BCUT2D eigenvalue weighted by atomic mass is 32.2. The summed E-state index contributed by atoms with van der Waals surface area (Å²) in [5, 5.41) is 3.00. The summed E-state index contributed by atoms with van der Waals surface area (Å²) in [7, 11) is -3.40. The quantitative estimate of drug-likeness (QED) is 0.798. The van der Waals surface area contributed by atoms with Gasteiger partial charge in [0, 0.05) is 19.3 Å². The van der Waals surface area contributed by atoms with Gasteiger partial charge in [-0.1, -0.05) is 6.42 Å². The molecule has 0 bridgehead atoms. The van der Waals surface area contributed by atoms with Crippen LogP contribution < -0.4 is 5.32 Å². The molecule has 0 aromatic carbocycles. The SMILES string of the molecule is O=C(NC[C@@H](c1ccco1)N1CCCCC1)C1=CN2CCS(=O)(=O)N=C2C=C1. The van der Waals surface area contributed by atoms with E-state index in [0.717, 1.165) is 31.7 Å². The first-order valence-corrected chi connectivity index (χ1v) is 11.2. The van der Waals surface area contributed by atoms with Gasteiger partial charge in [0.25, 0.3) is 15.9 Å². The number of furan rings is 1. The number of rotatable bonds is 5. The second kappa shape index (κ2) is 7.92. The summed E-state index contributed by atoms with van der Waals surface area (Å²) in [5.74, 6) is 0.957. The van der Waals surface area contributed by atoms with Gasteiger partial charge in [-0.05, 0) is 50.2 Å². The van der Waals surface area contributed by atoms with Crippen LogP contribution >= 0.6 is 0 Å². The van der Waals surface area contributed by atoms with Crippen molar-refractivity contribution < 1.29 is 17.6 Å². The Bertz CT molecular complexity index is 912. The number of fused-ring (bicyclic) bond motifs is 1. The topological polar surface area (TPSA) is 95.2 Å². The number of carbonyl (C=O) groups excluding carboxylic acids is 1. The zero-order valence-electron chi connectivity index (χ0n) is 15.6. The monoisotopic (exact) mass is 404 g/mol. The third kappa shape index (κ3) is 4.20. The van der Waals surface area contributed by atoms with Crippen LogP contribution in [-0.4, -0.2) is 61.9 Å². The minimum Gasteiger partial charge on any atom is -0.468 e. The van der Waals surface area contributed by atoms with E-state index in [0.29, 0.717) is 24.5 Å². The summed E-state index contributed by atoms with van der Waals surface area (Å²) in [6.45, 7) is 2.73. The Hall–Kier alpha value is -2.39. The molecule has 0 spiro atoms. The van der Waals surface area contributed by atoms with Crippen LogP contribution in [0.2, 0.25) is 0 Å². The molecule has 0 saturated carbocycles. The molecule has 1 fully saturated rings. The lowest BCUT2D eigenvalue weighted by Gasteiger charge is -2.33. The van der Waals surface area contributed by atoms with E-state index in [1.807, 2.05) is 12.1 Å². The first kappa shape index (κ1) is 18.9. The van der Waals surface area contributed by atoms with Gasteiger partial charge in [-0.25, -0.2) is 8.42 Å². The number of nitrogens with zero attached hydrogens (tertiary/aromatic N) is 3. The van der Waals surface area contributed by atoms with Crippen LogP contribution in [0, 0.1) is 0 Å². The maximum absolute atomic E-state index is 12.7. The van der Waals surface area contributed by atoms with Gasteiger partial charge in [-0.3, -0.25) is 9.69 Å². The number of piperidine rings is 1. The van der Waals surface area contributed by atoms with E-state index >= 15 is 0 Å². The third-order valence-electron chi connectivity index (χ3n) is 5.25. The molecule has 0 radical (unpaired) electrons. The Kier molecular flexibility index (Phi) is 5.36. The van der Waals surface area contributed by atoms with Crippen molar-refractivity contribution >= 4 is 21.8 Å². The molecule has 3 aliphatic heterocycles. The number of likely N-dealkylation sites (tertiary alicyclic amines) is 1. The number of nitrogens with one attached hydrogen (secondary N) is 1. The summed E-state index contributed by atoms with van der Waals surface area (Å²) in [6, 6.07) is 3.82. The molecule has 4 heterocycles. The number of hydrogen-bond donors (Lipinski definition) is 1. The second-order valence-corrected chi connectivity index (χ2v) is 8.94. The molecule has 1 aromatic rings. The molecule has 150 valence electrons. The molecule has 1 N–H and O–H groups in total. The highest BCUT2D eigenvalue weighted by Gasteiger charge is 2.27. The maximum Gasteiger partial charge on any atom is 0.256 e. The highest BCUT2D eigenvalue weighted by Crippen LogP contribution is 2.25. The average Bonchev–Trinajstić information content (AvgIpc) is 3.22. The molecule has 1 amide bonds. The minimum absolute atomic E-state index is 0.00433. The van der Waals surface area contributed by atoms with E-state index in [1.54, 1.807) is 29.5 Å². The minimum atomic E-state index is -3.40.